The maximum Gasteiger partial charge on any atom is 0.417 e. The Bertz CT molecular complexity index is 973. The first-order valence-corrected chi connectivity index (χ1v) is 8.23. The zero-order valence-corrected chi connectivity index (χ0v) is 14.5. The summed E-state index contributed by atoms with van der Waals surface area (Å²) in [5.41, 5.74) is -1.26. The van der Waals surface area contributed by atoms with Crippen LogP contribution in [0.25, 0.3) is 0 Å². The summed E-state index contributed by atoms with van der Waals surface area (Å²) in [6.45, 7) is 0. The van der Waals surface area contributed by atoms with E-state index in [1.807, 2.05) is 0 Å². The lowest BCUT2D eigenvalue weighted by Gasteiger charge is -2.15. The highest BCUT2D eigenvalue weighted by atomic mass is 35.5. The van der Waals surface area contributed by atoms with Gasteiger partial charge >= 0.3 is 6.18 Å². The predicted molar refractivity (Wildman–Crippen MR) is 97.4 cm³/mol. The van der Waals surface area contributed by atoms with E-state index in [1.165, 1.54) is 18.2 Å². The molecule has 3 aromatic rings. The van der Waals surface area contributed by atoms with Crippen LogP contribution in [-0.2, 0) is 6.18 Å². The van der Waals surface area contributed by atoms with Crippen LogP contribution in [0.2, 0.25) is 5.02 Å². The lowest BCUT2D eigenvalue weighted by molar-refractivity contribution is -0.137. The minimum Gasteiger partial charge on any atom is -0.454 e. The molecule has 0 fully saturated rings. The standard InChI is InChI=1S/C20H13ClF3NO2/c21-15-9-3-5-11-17(15)27-18-12-6-4-10-16(18)25-19(26)13-7-1-2-8-14(13)20(22,23)24/h1-12H,(H,25,26). The molecule has 0 unspecified atom stereocenters. The molecule has 0 saturated carbocycles. The molecule has 3 rings (SSSR count). The fraction of sp³-hybridized carbons (Fsp3) is 0.0500. The van der Waals surface area contributed by atoms with Gasteiger partial charge in [0.25, 0.3) is 5.91 Å². The van der Waals surface area contributed by atoms with Crippen LogP contribution in [0, 0.1) is 0 Å². The van der Waals surface area contributed by atoms with Gasteiger partial charge in [0.2, 0.25) is 0 Å². The summed E-state index contributed by atoms with van der Waals surface area (Å²) in [5.74, 6) is -0.280. The number of amides is 1. The molecular formula is C20H13ClF3NO2. The summed E-state index contributed by atoms with van der Waals surface area (Å²) < 4.78 is 45.1. The molecule has 3 nitrogen and oxygen atoms in total. The van der Waals surface area contributed by atoms with E-state index >= 15 is 0 Å². The van der Waals surface area contributed by atoms with Crippen molar-refractivity contribution in [3.8, 4) is 11.5 Å². The van der Waals surface area contributed by atoms with Gasteiger partial charge in [0.05, 0.1) is 21.8 Å². The van der Waals surface area contributed by atoms with Gasteiger partial charge in [-0.2, -0.15) is 13.2 Å². The Morgan fingerprint density at radius 1 is 0.852 bits per heavy atom. The fourth-order valence-corrected chi connectivity index (χ4v) is 2.60. The van der Waals surface area contributed by atoms with Crippen LogP contribution in [0.5, 0.6) is 11.5 Å². The number of carbonyl (C=O) groups excluding carboxylic acids is 1. The maximum absolute atomic E-state index is 13.1. The van der Waals surface area contributed by atoms with E-state index in [-0.39, 0.29) is 11.4 Å². The van der Waals surface area contributed by atoms with Gasteiger partial charge in [-0.05, 0) is 36.4 Å². The maximum atomic E-state index is 13.1. The zero-order valence-electron chi connectivity index (χ0n) is 13.8. The summed E-state index contributed by atoms with van der Waals surface area (Å²) in [6.07, 6.45) is -4.64. The highest BCUT2D eigenvalue weighted by Crippen LogP contribution is 2.35. The molecule has 27 heavy (non-hydrogen) atoms. The van der Waals surface area contributed by atoms with E-state index in [9.17, 15) is 18.0 Å². The number of ether oxygens (including phenoxy) is 1. The van der Waals surface area contributed by atoms with Crippen molar-refractivity contribution in [2.75, 3.05) is 5.32 Å². The molecule has 0 atom stereocenters. The summed E-state index contributed by atoms with van der Waals surface area (Å²) in [4.78, 5) is 12.5. The van der Waals surface area contributed by atoms with Crippen molar-refractivity contribution in [3.63, 3.8) is 0 Å². The van der Waals surface area contributed by atoms with E-state index < -0.39 is 23.2 Å². The number of carbonyl (C=O) groups is 1. The van der Waals surface area contributed by atoms with E-state index in [0.29, 0.717) is 10.8 Å². The van der Waals surface area contributed by atoms with E-state index in [0.717, 1.165) is 12.1 Å². The minimum absolute atomic E-state index is 0.222. The third-order valence-electron chi connectivity index (χ3n) is 3.67. The summed E-state index contributed by atoms with van der Waals surface area (Å²) in [7, 11) is 0. The molecule has 0 aliphatic carbocycles. The average molecular weight is 392 g/mol. The van der Waals surface area contributed by atoms with Crippen molar-refractivity contribution in [2.45, 2.75) is 6.18 Å². The molecule has 3 aromatic carbocycles. The molecule has 138 valence electrons. The molecule has 0 heterocycles. The van der Waals surface area contributed by atoms with Crippen LogP contribution < -0.4 is 10.1 Å². The lowest BCUT2D eigenvalue weighted by Crippen LogP contribution is -2.18. The number of benzene rings is 3. The number of halogens is 4. The molecule has 0 spiro atoms. The highest BCUT2D eigenvalue weighted by Gasteiger charge is 2.34. The van der Waals surface area contributed by atoms with Crippen molar-refractivity contribution >= 4 is 23.2 Å². The fourth-order valence-electron chi connectivity index (χ4n) is 2.42. The first-order chi connectivity index (χ1) is 12.9. The van der Waals surface area contributed by atoms with Crippen LogP contribution in [-0.4, -0.2) is 5.91 Å². The van der Waals surface area contributed by atoms with Crippen molar-refractivity contribution in [1.82, 2.24) is 0 Å². The average Bonchev–Trinajstić information content (AvgIpc) is 2.64. The van der Waals surface area contributed by atoms with Crippen LogP contribution in [0.1, 0.15) is 15.9 Å². The number of rotatable bonds is 4. The minimum atomic E-state index is -4.64. The number of anilines is 1. The van der Waals surface area contributed by atoms with Crippen molar-refractivity contribution in [2.24, 2.45) is 0 Å². The molecule has 0 aromatic heterocycles. The largest absolute Gasteiger partial charge is 0.454 e. The highest BCUT2D eigenvalue weighted by molar-refractivity contribution is 6.32. The van der Waals surface area contributed by atoms with Crippen LogP contribution >= 0.6 is 11.6 Å². The number of nitrogens with one attached hydrogen (secondary N) is 1. The second-order valence-corrected chi connectivity index (χ2v) is 5.93. The molecule has 1 amide bonds. The lowest BCUT2D eigenvalue weighted by atomic mass is 10.1. The van der Waals surface area contributed by atoms with Gasteiger partial charge in [0.15, 0.2) is 5.75 Å². The summed E-state index contributed by atoms with van der Waals surface area (Å²) in [6, 6.07) is 17.7. The van der Waals surface area contributed by atoms with Crippen LogP contribution in [0.4, 0.5) is 18.9 Å². The molecular weight excluding hydrogens is 379 g/mol. The van der Waals surface area contributed by atoms with Crippen molar-refractivity contribution in [1.29, 1.82) is 0 Å². The Morgan fingerprint density at radius 2 is 1.44 bits per heavy atom. The van der Waals surface area contributed by atoms with Gasteiger partial charge in [-0.25, -0.2) is 0 Å². The SMILES string of the molecule is O=C(Nc1ccccc1Oc1ccccc1Cl)c1ccccc1C(F)(F)F. The Kier molecular flexibility index (Phi) is 5.37. The van der Waals surface area contributed by atoms with E-state index in [4.69, 9.17) is 16.3 Å². The summed E-state index contributed by atoms with van der Waals surface area (Å²) >= 11 is 6.06. The van der Waals surface area contributed by atoms with Gasteiger partial charge in [-0.1, -0.05) is 48.0 Å². The van der Waals surface area contributed by atoms with Crippen LogP contribution in [0.15, 0.2) is 72.8 Å². The normalized spacial score (nSPS) is 11.1. The molecule has 0 aliphatic heterocycles. The molecule has 1 N–H and O–H groups in total. The Morgan fingerprint density at radius 3 is 2.15 bits per heavy atom. The smallest absolute Gasteiger partial charge is 0.417 e. The van der Waals surface area contributed by atoms with Gasteiger partial charge in [-0.15, -0.1) is 0 Å². The van der Waals surface area contributed by atoms with E-state index in [1.54, 1.807) is 42.5 Å². The van der Waals surface area contributed by atoms with Gasteiger partial charge in [0.1, 0.15) is 5.75 Å². The Hall–Kier alpha value is -2.99. The topological polar surface area (TPSA) is 38.3 Å². The van der Waals surface area contributed by atoms with Gasteiger partial charge < -0.3 is 10.1 Å². The monoisotopic (exact) mass is 391 g/mol. The number of para-hydroxylation sites is 3. The number of alkyl halides is 3. The van der Waals surface area contributed by atoms with Crippen molar-refractivity contribution < 1.29 is 22.7 Å². The summed E-state index contributed by atoms with van der Waals surface area (Å²) in [5, 5.41) is 2.83. The third kappa shape index (κ3) is 4.41. The molecule has 7 heteroatoms. The Labute approximate surface area is 158 Å². The molecule has 0 bridgehead atoms. The quantitative estimate of drug-likeness (QED) is 0.558. The van der Waals surface area contributed by atoms with Gasteiger partial charge in [-0.3, -0.25) is 4.79 Å². The first-order valence-electron chi connectivity index (χ1n) is 7.85. The van der Waals surface area contributed by atoms with Crippen LogP contribution in [0.3, 0.4) is 0 Å². The predicted octanol–water partition coefficient (Wildman–Crippen LogP) is 6.40. The number of hydrogen-bond acceptors (Lipinski definition) is 2. The first kappa shape index (κ1) is 18.8. The molecule has 0 radical (unpaired) electrons. The second kappa shape index (κ2) is 7.72. The Balaban J connectivity index is 1.89. The van der Waals surface area contributed by atoms with Gasteiger partial charge in [0, 0.05) is 0 Å². The second-order valence-electron chi connectivity index (χ2n) is 5.53. The zero-order chi connectivity index (χ0) is 19.4. The third-order valence-corrected chi connectivity index (χ3v) is 3.98. The molecule has 0 saturated heterocycles. The number of hydrogen-bond donors (Lipinski definition) is 1. The molecule has 0 aliphatic rings. The van der Waals surface area contributed by atoms with E-state index in [2.05, 4.69) is 5.32 Å². The van der Waals surface area contributed by atoms with Crippen molar-refractivity contribution in [3.05, 3.63) is 88.9 Å².